The number of hydrogen-bond acceptors (Lipinski definition) is 4. The van der Waals surface area contributed by atoms with Gasteiger partial charge in [-0.15, -0.1) is 0 Å². The lowest BCUT2D eigenvalue weighted by molar-refractivity contribution is -0.155. The van der Waals surface area contributed by atoms with E-state index in [4.69, 9.17) is 9.57 Å². The lowest BCUT2D eigenvalue weighted by Gasteiger charge is -2.27. The first-order valence-electron chi connectivity index (χ1n) is 6.74. The van der Waals surface area contributed by atoms with Gasteiger partial charge in [-0.05, 0) is 12.8 Å². The number of carboxylic acids is 1. The molecule has 0 aliphatic heterocycles. The van der Waals surface area contributed by atoms with E-state index in [0.29, 0.717) is 19.4 Å². The Balaban J connectivity index is 2.48. The quantitative estimate of drug-likeness (QED) is 0.417. The molecular formula is C13H23NO5. The molecule has 0 spiro atoms. The normalized spacial score (nSPS) is 18.6. The van der Waals surface area contributed by atoms with E-state index in [1.54, 1.807) is 0 Å². The zero-order chi connectivity index (χ0) is 14.1. The first kappa shape index (κ1) is 15.9. The zero-order valence-electron chi connectivity index (χ0n) is 11.4. The molecule has 0 heterocycles. The molecule has 0 saturated heterocycles. The van der Waals surface area contributed by atoms with E-state index in [2.05, 4.69) is 5.48 Å². The number of methoxy groups -OCH3 is 1. The highest BCUT2D eigenvalue weighted by atomic mass is 16.7. The van der Waals surface area contributed by atoms with Crippen molar-refractivity contribution in [3.8, 4) is 0 Å². The van der Waals surface area contributed by atoms with Gasteiger partial charge >= 0.3 is 5.97 Å². The second-order valence-corrected chi connectivity index (χ2v) is 5.04. The Hall–Kier alpha value is -1.14. The Labute approximate surface area is 113 Å². The molecule has 19 heavy (non-hydrogen) atoms. The molecule has 0 aromatic carbocycles. The number of carbonyl (C=O) groups excluding carboxylic acids is 1. The van der Waals surface area contributed by atoms with Crippen LogP contribution in [0.3, 0.4) is 0 Å². The third-order valence-corrected chi connectivity index (χ3v) is 3.59. The number of amides is 1. The van der Waals surface area contributed by atoms with Gasteiger partial charge in [0.15, 0.2) is 0 Å². The minimum absolute atomic E-state index is 0.0185. The van der Waals surface area contributed by atoms with Crippen LogP contribution in [0.1, 0.15) is 44.9 Å². The molecule has 1 rings (SSSR count). The van der Waals surface area contributed by atoms with Gasteiger partial charge in [0.05, 0.1) is 18.6 Å². The summed E-state index contributed by atoms with van der Waals surface area (Å²) >= 11 is 0. The summed E-state index contributed by atoms with van der Waals surface area (Å²) in [6.45, 7) is 0.632. The topological polar surface area (TPSA) is 84.9 Å². The van der Waals surface area contributed by atoms with E-state index in [1.165, 1.54) is 7.11 Å². The van der Waals surface area contributed by atoms with Crippen molar-refractivity contribution in [1.82, 2.24) is 5.48 Å². The van der Waals surface area contributed by atoms with Crippen molar-refractivity contribution in [3.63, 3.8) is 0 Å². The highest BCUT2D eigenvalue weighted by Gasteiger charge is 2.40. The lowest BCUT2D eigenvalue weighted by atomic mass is 9.77. The fourth-order valence-corrected chi connectivity index (χ4v) is 2.47. The standard InChI is InChI=1S/C13H23NO5/c1-18-8-9-19-14-11(15)10-13(12(16)17)6-4-2-3-5-7-13/h2-10H2,1H3,(H,14,15)(H,16,17). The van der Waals surface area contributed by atoms with E-state index in [-0.39, 0.29) is 18.9 Å². The molecule has 0 aromatic rings. The smallest absolute Gasteiger partial charge is 0.310 e. The second-order valence-electron chi connectivity index (χ2n) is 5.04. The van der Waals surface area contributed by atoms with Crippen molar-refractivity contribution in [2.24, 2.45) is 5.41 Å². The van der Waals surface area contributed by atoms with Gasteiger partial charge in [0.25, 0.3) is 0 Å². The van der Waals surface area contributed by atoms with Crippen LogP contribution in [-0.2, 0) is 19.2 Å². The molecule has 0 unspecified atom stereocenters. The van der Waals surface area contributed by atoms with Crippen LogP contribution in [0.4, 0.5) is 0 Å². The SMILES string of the molecule is COCCONC(=O)CC1(C(=O)O)CCCCCC1. The summed E-state index contributed by atoms with van der Waals surface area (Å²) in [7, 11) is 1.54. The van der Waals surface area contributed by atoms with Gasteiger partial charge in [-0.25, -0.2) is 5.48 Å². The van der Waals surface area contributed by atoms with Crippen LogP contribution in [0.2, 0.25) is 0 Å². The molecule has 110 valence electrons. The Bertz CT molecular complexity index is 297. The van der Waals surface area contributed by atoms with E-state index < -0.39 is 11.4 Å². The van der Waals surface area contributed by atoms with E-state index in [9.17, 15) is 14.7 Å². The fraction of sp³-hybridized carbons (Fsp3) is 0.846. The molecule has 1 aliphatic rings. The molecule has 1 amide bonds. The van der Waals surface area contributed by atoms with Gasteiger partial charge in [0.2, 0.25) is 5.91 Å². The molecule has 1 fully saturated rings. The van der Waals surface area contributed by atoms with Crippen molar-refractivity contribution >= 4 is 11.9 Å². The molecule has 6 nitrogen and oxygen atoms in total. The minimum atomic E-state index is -0.925. The van der Waals surface area contributed by atoms with Gasteiger partial charge in [0.1, 0.15) is 0 Å². The van der Waals surface area contributed by atoms with Crippen LogP contribution < -0.4 is 5.48 Å². The summed E-state index contributed by atoms with van der Waals surface area (Å²) in [5.41, 5.74) is 1.36. The maximum atomic E-state index is 11.8. The molecule has 1 aliphatic carbocycles. The Morgan fingerprint density at radius 3 is 2.32 bits per heavy atom. The molecule has 0 radical (unpaired) electrons. The van der Waals surface area contributed by atoms with Gasteiger partial charge in [-0.2, -0.15) is 0 Å². The van der Waals surface area contributed by atoms with Crippen molar-refractivity contribution in [1.29, 1.82) is 0 Å². The number of hydrogen-bond donors (Lipinski definition) is 2. The Morgan fingerprint density at radius 2 is 1.79 bits per heavy atom. The van der Waals surface area contributed by atoms with E-state index >= 15 is 0 Å². The third kappa shape index (κ3) is 5.16. The number of rotatable bonds is 7. The number of carboxylic acid groups (broad SMARTS) is 1. The van der Waals surface area contributed by atoms with Gasteiger partial charge in [0, 0.05) is 13.5 Å². The molecule has 0 atom stereocenters. The van der Waals surface area contributed by atoms with Crippen LogP contribution >= 0.6 is 0 Å². The van der Waals surface area contributed by atoms with Crippen molar-refractivity contribution in [2.45, 2.75) is 44.9 Å². The molecule has 1 saturated carbocycles. The summed E-state index contributed by atoms with van der Waals surface area (Å²) in [6, 6.07) is 0. The molecule has 0 aromatic heterocycles. The average Bonchev–Trinajstić information content (AvgIpc) is 2.61. The van der Waals surface area contributed by atoms with Crippen LogP contribution in [0, 0.1) is 5.41 Å². The number of hydroxylamine groups is 1. The number of ether oxygens (including phenoxy) is 1. The number of aliphatic carboxylic acids is 1. The minimum Gasteiger partial charge on any atom is -0.481 e. The molecule has 6 heteroatoms. The third-order valence-electron chi connectivity index (χ3n) is 3.59. The highest BCUT2D eigenvalue weighted by Crippen LogP contribution is 2.38. The summed E-state index contributed by atoms with van der Waals surface area (Å²) in [4.78, 5) is 28.2. The summed E-state index contributed by atoms with van der Waals surface area (Å²) in [5, 5.41) is 9.43. The summed E-state index contributed by atoms with van der Waals surface area (Å²) < 4.78 is 4.78. The van der Waals surface area contributed by atoms with Gasteiger partial charge in [-0.1, -0.05) is 25.7 Å². The fourth-order valence-electron chi connectivity index (χ4n) is 2.47. The van der Waals surface area contributed by atoms with Crippen molar-refractivity contribution in [3.05, 3.63) is 0 Å². The van der Waals surface area contributed by atoms with Crippen LogP contribution in [0.15, 0.2) is 0 Å². The van der Waals surface area contributed by atoms with E-state index in [1.807, 2.05) is 0 Å². The van der Waals surface area contributed by atoms with Gasteiger partial charge < -0.3 is 9.84 Å². The first-order valence-corrected chi connectivity index (χ1v) is 6.74. The maximum absolute atomic E-state index is 11.8. The zero-order valence-corrected chi connectivity index (χ0v) is 11.4. The predicted octanol–water partition coefficient (Wildman–Crippen LogP) is 1.50. The highest BCUT2D eigenvalue weighted by molar-refractivity contribution is 5.84. The lowest BCUT2D eigenvalue weighted by Crippen LogP contribution is -2.37. The second kappa shape index (κ2) is 8.12. The maximum Gasteiger partial charge on any atom is 0.310 e. The Kier molecular flexibility index (Phi) is 6.80. The molecule has 0 bridgehead atoms. The van der Waals surface area contributed by atoms with Crippen LogP contribution in [-0.4, -0.2) is 37.3 Å². The average molecular weight is 273 g/mol. The van der Waals surface area contributed by atoms with Crippen LogP contribution in [0.25, 0.3) is 0 Å². The number of nitrogens with one attached hydrogen (secondary N) is 1. The summed E-state index contributed by atoms with van der Waals surface area (Å²) in [6.07, 6.45) is 4.92. The first-order chi connectivity index (χ1) is 9.10. The van der Waals surface area contributed by atoms with E-state index in [0.717, 1.165) is 25.7 Å². The van der Waals surface area contributed by atoms with Crippen LogP contribution in [0.5, 0.6) is 0 Å². The monoisotopic (exact) mass is 273 g/mol. The molecule has 2 N–H and O–H groups in total. The molecular weight excluding hydrogens is 250 g/mol. The predicted molar refractivity (Wildman–Crippen MR) is 68.4 cm³/mol. The summed E-state index contributed by atoms with van der Waals surface area (Å²) in [5.74, 6) is -1.25. The Morgan fingerprint density at radius 1 is 1.16 bits per heavy atom. The van der Waals surface area contributed by atoms with Gasteiger partial charge in [-0.3, -0.25) is 14.4 Å². The van der Waals surface area contributed by atoms with Crippen molar-refractivity contribution in [2.75, 3.05) is 20.3 Å². The van der Waals surface area contributed by atoms with Crippen molar-refractivity contribution < 1.29 is 24.3 Å². The number of carbonyl (C=O) groups is 2. The largest absolute Gasteiger partial charge is 0.481 e.